The fraction of sp³-hybridized carbons (Fsp3) is 0.238. The highest BCUT2D eigenvalue weighted by Crippen LogP contribution is 2.59. The minimum absolute atomic E-state index is 0.283. The Balaban J connectivity index is 1.22. The fourth-order valence-corrected chi connectivity index (χ4v) is 13.2. The lowest BCUT2D eigenvalue weighted by Crippen LogP contribution is -2.37. The summed E-state index contributed by atoms with van der Waals surface area (Å²) in [5.41, 5.74) is 15.0. The van der Waals surface area contributed by atoms with Crippen molar-refractivity contribution >= 4 is 93.0 Å². The van der Waals surface area contributed by atoms with Crippen LogP contribution >= 0.6 is 0 Å². The van der Waals surface area contributed by atoms with Crippen LogP contribution in [0.4, 0.5) is 34.1 Å². The van der Waals surface area contributed by atoms with E-state index in [0.717, 1.165) is 5.69 Å². The maximum absolute atomic E-state index is 2.54. The molecule has 9 aromatic rings. The normalized spacial score (nSPS) is 13.5. The second-order valence-electron chi connectivity index (χ2n) is 22.3. The third-order valence-corrected chi connectivity index (χ3v) is 18.8. The van der Waals surface area contributed by atoms with Crippen molar-refractivity contribution in [2.45, 2.75) is 98.1 Å². The highest BCUT2D eigenvalue weighted by molar-refractivity contribution is 6.89. The standard InChI is InChI=1S/C63H66N2Si2/c1-41(2)43-21-25-45(26-22-43)64(46-29-34-50(35-30-46)66(7,8)9)49-33-38-56-57(39-49)52-17-13-15-19-54(52)60-58-40-59(53-18-14-16-20-55(53)61(58)63(5,6)62(56)60)65(47-27-23-44(24-28-47)42(3)4)48-31-36-51(37-32-48)67(10,11)12/h13-42H,1-12H3. The van der Waals surface area contributed by atoms with Gasteiger partial charge >= 0.3 is 0 Å². The summed E-state index contributed by atoms with van der Waals surface area (Å²) >= 11 is 0. The SMILES string of the molecule is CC(C)c1ccc(N(c2ccc([Si](C)(C)C)cc2)c2ccc3c4c(c5ccccc5c3c2)-c2cc(N(c3ccc(C(C)C)cc3)c3ccc([Si](C)(C)C)cc3)c3ccccc3c2C4(C)C)cc1. The molecular weight excluding hydrogens is 841 g/mol. The number of rotatable bonds is 10. The van der Waals surface area contributed by atoms with E-state index in [2.05, 4.69) is 260 Å². The predicted molar refractivity (Wildman–Crippen MR) is 300 cm³/mol. The van der Waals surface area contributed by atoms with E-state index in [1.165, 1.54) is 105 Å². The Kier molecular flexibility index (Phi) is 11.0. The Bertz CT molecular complexity index is 3310. The van der Waals surface area contributed by atoms with Crippen LogP contribution in [0, 0.1) is 0 Å². The van der Waals surface area contributed by atoms with E-state index in [1.54, 1.807) is 0 Å². The third-order valence-electron chi connectivity index (χ3n) is 14.7. The van der Waals surface area contributed by atoms with Crippen LogP contribution in [0.1, 0.15) is 75.6 Å². The van der Waals surface area contributed by atoms with Gasteiger partial charge in [-0.15, -0.1) is 0 Å². The summed E-state index contributed by atoms with van der Waals surface area (Å²) in [5.74, 6) is 0.923. The van der Waals surface area contributed by atoms with Gasteiger partial charge < -0.3 is 9.80 Å². The molecule has 4 heteroatoms. The van der Waals surface area contributed by atoms with Gasteiger partial charge in [-0.1, -0.05) is 194 Å². The largest absolute Gasteiger partial charge is 0.310 e. The van der Waals surface area contributed by atoms with E-state index in [4.69, 9.17) is 0 Å². The number of benzene rings is 9. The Morgan fingerprint density at radius 1 is 0.373 bits per heavy atom. The molecule has 9 aromatic carbocycles. The maximum atomic E-state index is 2.54. The molecule has 0 bridgehead atoms. The average molecular weight is 907 g/mol. The highest BCUT2D eigenvalue weighted by Gasteiger charge is 2.41. The molecule has 2 nitrogen and oxygen atoms in total. The van der Waals surface area contributed by atoms with Crippen molar-refractivity contribution in [3.05, 3.63) is 192 Å². The minimum atomic E-state index is -1.51. The van der Waals surface area contributed by atoms with Crippen molar-refractivity contribution in [1.82, 2.24) is 0 Å². The zero-order valence-corrected chi connectivity index (χ0v) is 43.7. The van der Waals surface area contributed by atoms with Gasteiger partial charge in [0.1, 0.15) is 0 Å². The van der Waals surface area contributed by atoms with E-state index >= 15 is 0 Å². The van der Waals surface area contributed by atoms with E-state index in [1.807, 2.05) is 0 Å². The van der Waals surface area contributed by atoms with Crippen molar-refractivity contribution in [1.29, 1.82) is 0 Å². The molecule has 0 amide bonds. The fourth-order valence-electron chi connectivity index (χ4n) is 10.9. The summed E-state index contributed by atoms with van der Waals surface area (Å²) in [7, 11) is -2.99. The van der Waals surface area contributed by atoms with Crippen LogP contribution in [0.5, 0.6) is 0 Å². The van der Waals surface area contributed by atoms with Gasteiger partial charge in [-0.25, -0.2) is 0 Å². The Labute approximate surface area is 402 Å². The van der Waals surface area contributed by atoms with Gasteiger partial charge in [0, 0.05) is 39.2 Å². The monoisotopic (exact) mass is 906 g/mol. The molecule has 0 unspecified atom stereocenters. The molecule has 0 N–H and O–H groups in total. The van der Waals surface area contributed by atoms with Crippen LogP contribution in [0.25, 0.3) is 43.4 Å². The van der Waals surface area contributed by atoms with Crippen LogP contribution in [-0.4, -0.2) is 16.1 Å². The second kappa shape index (κ2) is 16.5. The molecule has 0 radical (unpaired) electrons. The molecule has 0 aromatic heterocycles. The van der Waals surface area contributed by atoms with Gasteiger partial charge in [-0.3, -0.25) is 0 Å². The lowest BCUT2D eigenvalue weighted by Gasteiger charge is -2.30. The van der Waals surface area contributed by atoms with Gasteiger partial charge in [0.25, 0.3) is 0 Å². The van der Waals surface area contributed by atoms with Crippen molar-refractivity contribution in [3.8, 4) is 11.1 Å². The Morgan fingerprint density at radius 2 is 0.776 bits per heavy atom. The van der Waals surface area contributed by atoms with Crippen molar-refractivity contribution in [2.24, 2.45) is 0 Å². The quantitative estimate of drug-likeness (QED) is 0.0996. The summed E-state index contributed by atoms with van der Waals surface area (Å²) in [6.07, 6.45) is 0. The molecule has 0 saturated carbocycles. The molecule has 10 rings (SSSR count). The van der Waals surface area contributed by atoms with Crippen LogP contribution in [0.3, 0.4) is 0 Å². The van der Waals surface area contributed by atoms with Gasteiger partial charge in [0.05, 0.1) is 21.8 Å². The summed E-state index contributed by atoms with van der Waals surface area (Å²) < 4.78 is 0. The molecule has 1 aliphatic rings. The topological polar surface area (TPSA) is 6.48 Å². The molecular formula is C63H66N2Si2. The zero-order chi connectivity index (χ0) is 47.2. The number of hydrogen-bond acceptors (Lipinski definition) is 2. The van der Waals surface area contributed by atoms with Crippen LogP contribution in [0.2, 0.25) is 39.3 Å². The predicted octanol–water partition coefficient (Wildman–Crippen LogP) is 17.7. The average Bonchev–Trinajstić information content (AvgIpc) is 3.55. The molecule has 0 fully saturated rings. The van der Waals surface area contributed by atoms with Gasteiger partial charge in [-0.2, -0.15) is 0 Å². The number of fused-ring (bicyclic) bond motifs is 10. The molecule has 1 aliphatic carbocycles. The van der Waals surface area contributed by atoms with Crippen LogP contribution in [0.15, 0.2) is 170 Å². The van der Waals surface area contributed by atoms with Crippen molar-refractivity contribution in [2.75, 3.05) is 9.80 Å². The molecule has 0 atom stereocenters. The van der Waals surface area contributed by atoms with E-state index in [-0.39, 0.29) is 5.41 Å². The summed E-state index contributed by atoms with van der Waals surface area (Å²) in [6.45, 7) is 28.6. The summed E-state index contributed by atoms with van der Waals surface area (Å²) in [4.78, 5) is 4.97. The molecule has 67 heavy (non-hydrogen) atoms. The second-order valence-corrected chi connectivity index (χ2v) is 32.4. The van der Waals surface area contributed by atoms with Gasteiger partial charge in [-0.05, 0) is 139 Å². The first-order valence-electron chi connectivity index (χ1n) is 24.5. The van der Waals surface area contributed by atoms with Crippen LogP contribution < -0.4 is 20.2 Å². The Hall–Kier alpha value is -6.21. The first-order chi connectivity index (χ1) is 31.9. The highest BCUT2D eigenvalue weighted by atomic mass is 28.3. The number of hydrogen-bond donors (Lipinski definition) is 0. The number of anilines is 6. The zero-order valence-electron chi connectivity index (χ0n) is 41.7. The minimum Gasteiger partial charge on any atom is -0.310 e. The molecule has 0 aliphatic heterocycles. The maximum Gasteiger partial charge on any atom is 0.0775 e. The summed E-state index contributed by atoms with van der Waals surface area (Å²) in [6, 6.07) is 65.5. The van der Waals surface area contributed by atoms with E-state index in [9.17, 15) is 0 Å². The molecule has 0 spiro atoms. The first-order valence-corrected chi connectivity index (χ1v) is 31.5. The number of nitrogens with zero attached hydrogens (tertiary/aromatic N) is 2. The van der Waals surface area contributed by atoms with Gasteiger partial charge in [0.2, 0.25) is 0 Å². The van der Waals surface area contributed by atoms with E-state index in [0.29, 0.717) is 11.8 Å². The lowest BCUT2D eigenvalue weighted by molar-refractivity contribution is 0.672. The van der Waals surface area contributed by atoms with Crippen molar-refractivity contribution < 1.29 is 0 Å². The Morgan fingerprint density at radius 3 is 1.25 bits per heavy atom. The first kappa shape index (κ1) is 44.6. The smallest absolute Gasteiger partial charge is 0.0775 e. The van der Waals surface area contributed by atoms with Gasteiger partial charge in [0.15, 0.2) is 0 Å². The summed E-state index contributed by atoms with van der Waals surface area (Å²) in [5, 5.41) is 10.7. The van der Waals surface area contributed by atoms with Crippen LogP contribution in [-0.2, 0) is 5.41 Å². The molecule has 336 valence electrons. The van der Waals surface area contributed by atoms with E-state index < -0.39 is 16.1 Å². The third kappa shape index (κ3) is 7.72. The molecule has 0 saturated heterocycles. The lowest BCUT2D eigenvalue weighted by atomic mass is 9.77. The van der Waals surface area contributed by atoms with Crippen molar-refractivity contribution in [3.63, 3.8) is 0 Å². The molecule has 0 heterocycles.